The van der Waals surface area contributed by atoms with E-state index in [9.17, 15) is 45.2 Å². The first-order valence-corrected chi connectivity index (χ1v) is 21.1. The number of carbonyl (C=O) groups is 4. The van der Waals surface area contributed by atoms with Gasteiger partial charge in [0.15, 0.2) is 0 Å². The number of hydrogen-bond acceptors (Lipinski definition) is 12. The van der Waals surface area contributed by atoms with Crippen molar-refractivity contribution in [3.63, 3.8) is 0 Å². The van der Waals surface area contributed by atoms with Gasteiger partial charge in [0.25, 0.3) is 5.91 Å². The van der Waals surface area contributed by atoms with Crippen molar-refractivity contribution in [2.24, 2.45) is 17.8 Å². The van der Waals surface area contributed by atoms with Crippen LogP contribution in [-0.4, -0.2) is 115 Å². The Labute approximate surface area is 344 Å². The number of alkyl halides is 4. The first-order valence-electron chi connectivity index (χ1n) is 19.6. The number of rotatable bonds is 10. The fourth-order valence-electron chi connectivity index (χ4n) is 7.72. The zero-order chi connectivity index (χ0) is 44.0. The van der Waals surface area contributed by atoms with Gasteiger partial charge in [0, 0.05) is 18.4 Å². The molecule has 3 heterocycles. The maximum atomic E-state index is 14.8. The Morgan fingerprint density at radius 3 is 2.42 bits per heavy atom. The first kappa shape index (κ1) is 44.6. The summed E-state index contributed by atoms with van der Waals surface area (Å²) in [5.74, 6) is -3.75. The third-order valence-corrected chi connectivity index (χ3v) is 14.0. The lowest BCUT2D eigenvalue weighted by Crippen LogP contribution is -2.60. The molecule has 4 aliphatic rings. The number of halogens is 4. The van der Waals surface area contributed by atoms with Gasteiger partial charge in [-0.2, -0.15) is 23.1 Å². The fourth-order valence-corrected chi connectivity index (χ4v) is 9.15. The van der Waals surface area contributed by atoms with Gasteiger partial charge in [-0.3, -0.25) is 19.1 Å². The molecule has 7 atom stereocenters. The molecular formula is C39H50F4N6O10S. The van der Waals surface area contributed by atoms with E-state index in [1.807, 2.05) is 11.6 Å². The lowest BCUT2D eigenvalue weighted by Gasteiger charge is -2.34. The van der Waals surface area contributed by atoms with E-state index >= 15 is 0 Å². The SMILES string of the molecule is COc1ccc2c(OC3CC4C(=O)NC5(C(=O)NS(=O)(=O)C6(CF)CC6)CC5C=CCCC(C)CC(C)C(NC(=O)OC(C)(C)C(F)(F)F)C(=O)N4C3)nc(OC)nc2c1. The van der Waals surface area contributed by atoms with Crippen molar-refractivity contribution in [1.29, 1.82) is 0 Å². The predicted molar refractivity (Wildman–Crippen MR) is 206 cm³/mol. The number of benzene rings is 1. The lowest BCUT2D eigenvalue weighted by molar-refractivity contribution is -0.244. The number of alkyl carbamates (subject to hydrolysis) is 1. The van der Waals surface area contributed by atoms with Crippen molar-refractivity contribution in [3.8, 4) is 17.6 Å². The molecule has 21 heteroatoms. The second-order valence-corrected chi connectivity index (χ2v) is 18.8. The minimum absolute atomic E-state index is 0.00635. The monoisotopic (exact) mass is 870 g/mol. The van der Waals surface area contributed by atoms with Crippen molar-refractivity contribution in [3.05, 3.63) is 30.4 Å². The van der Waals surface area contributed by atoms with E-state index in [0.29, 0.717) is 49.8 Å². The van der Waals surface area contributed by atoms with E-state index in [0.717, 1.165) is 4.90 Å². The minimum Gasteiger partial charge on any atom is -0.497 e. The molecule has 60 heavy (non-hydrogen) atoms. The van der Waals surface area contributed by atoms with Gasteiger partial charge in [-0.25, -0.2) is 17.6 Å². The smallest absolute Gasteiger partial charge is 0.427 e. The number of aromatic nitrogens is 2. The van der Waals surface area contributed by atoms with Gasteiger partial charge in [-0.1, -0.05) is 26.0 Å². The Kier molecular flexibility index (Phi) is 12.3. The largest absolute Gasteiger partial charge is 0.497 e. The molecule has 3 fully saturated rings. The standard InChI is InChI=1S/C39H50F4N6O10S/c1-21-9-7-8-10-23-18-38(23,33(52)48-60(54,55)37(20-40)13-14-37)47-30(50)28-17-25(58-31-26-12-11-24(56-5)16-27(26)44-34(46-31)57-6)19-49(28)32(51)29(22(2)15-21)45-35(53)59-36(3,4)39(41,42)43/h8,10-12,16,21-23,25,28-29H,7,9,13-15,17-20H2,1-6H3,(H,45,53)(H,47,50)(H,48,52). The molecule has 16 nitrogen and oxygen atoms in total. The summed E-state index contributed by atoms with van der Waals surface area (Å²) >= 11 is 0. The molecule has 330 valence electrons. The number of methoxy groups -OCH3 is 2. The Bertz CT molecular complexity index is 2150. The predicted octanol–water partition coefficient (Wildman–Crippen LogP) is 4.27. The Morgan fingerprint density at radius 1 is 1.07 bits per heavy atom. The Balaban J connectivity index is 1.37. The maximum absolute atomic E-state index is 14.8. The van der Waals surface area contributed by atoms with Crippen LogP contribution in [0.25, 0.3) is 10.9 Å². The van der Waals surface area contributed by atoms with E-state index in [1.54, 1.807) is 37.3 Å². The lowest BCUT2D eigenvalue weighted by atomic mass is 9.88. The van der Waals surface area contributed by atoms with Crippen molar-refractivity contribution >= 4 is 44.7 Å². The highest BCUT2D eigenvalue weighted by molar-refractivity contribution is 7.91. The summed E-state index contributed by atoms with van der Waals surface area (Å²) in [6, 6.07) is 1.89. The number of sulfonamides is 1. The number of carbonyl (C=O) groups excluding carboxylic acids is 4. The van der Waals surface area contributed by atoms with E-state index in [1.165, 1.54) is 14.2 Å². The third kappa shape index (κ3) is 8.90. The van der Waals surface area contributed by atoms with E-state index < -0.39 is 92.6 Å². The van der Waals surface area contributed by atoms with Crippen LogP contribution in [0.2, 0.25) is 0 Å². The number of amides is 4. The molecule has 2 aliphatic heterocycles. The van der Waals surface area contributed by atoms with Crippen LogP contribution in [0.15, 0.2) is 30.4 Å². The van der Waals surface area contributed by atoms with Crippen LogP contribution in [0.1, 0.15) is 72.6 Å². The molecule has 2 saturated carbocycles. The maximum Gasteiger partial charge on any atom is 0.427 e. The summed E-state index contributed by atoms with van der Waals surface area (Å²) in [7, 11) is -1.67. The number of nitrogens with one attached hydrogen (secondary N) is 3. The second kappa shape index (κ2) is 16.5. The normalized spacial score (nSPS) is 28.3. The number of ether oxygens (including phenoxy) is 4. The molecule has 2 aliphatic carbocycles. The molecule has 1 saturated heterocycles. The quantitative estimate of drug-likeness (QED) is 0.226. The number of allylic oxidation sites excluding steroid dienone is 1. The average molecular weight is 871 g/mol. The summed E-state index contributed by atoms with van der Waals surface area (Å²) < 4.78 is 104. The van der Waals surface area contributed by atoms with Gasteiger partial charge >= 0.3 is 18.3 Å². The molecule has 0 radical (unpaired) electrons. The molecule has 0 bridgehead atoms. The van der Waals surface area contributed by atoms with Crippen molar-refractivity contribution in [2.75, 3.05) is 27.4 Å². The highest BCUT2D eigenvalue weighted by Gasteiger charge is 2.64. The summed E-state index contributed by atoms with van der Waals surface area (Å²) in [4.78, 5) is 66.2. The summed E-state index contributed by atoms with van der Waals surface area (Å²) in [6.07, 6.45) is -2.77. The molecule has 3 N–H and O–H groups in total. The minimum atomic E-state index is -4.95. The van der Waals surface area contributed by atoms with Crippen molar-refractivity contribution < 1.29 is 64.1 Å². The van der Waals surface area contributed by atoms with Crippen molar-refractivity contribution in [1.82, 2.24) is 30.2 Å². The first-order chi connectivity index (χ1) is 28.1. The van der Waals surface area contributed by atoms with Crippen LogP contribution in [-0.2, 0) is 29.1 Å². The van der Waals surface area contributed by atoms with Gasteiger partial charge in [0.05, 0.1) is 31.7 Å². The van der Waals surface area contributed by atoms with Gasteiger partial charge < -0.3 is 34.5 Å². The van der Waals surface area contributed by atoms with Gasteiger partial charge in [-0.05, 0) is 76.3 Å². The molecule has 0 spiro atoms. The van der Waals surface area contributed by atoms with E-state index in [-0.39, 0.29) is 50.0 Å². The molecule has 1 aromatic heterocycles. The number of fused-ring (bicyclic) bond motifs is 3. The number of hydrogen-bond donors (Lipinski definition) is 3. The van der Waals surface area contributed by atoms with Crippen LogP contribution in [0.4, 0.5) is 22.4 Å². The summed E-state index contributed by atoms with van der Waals surface area (Å²) in [6.45, 7) is 3.37. The zero-order valence-corrected chi connectivity index (χ0v) is 34.9. The summed E-state index contributed by atoms with van der Waals surface area (Å²) in [5.41, 5.74) is -4.34. The molecular weight excluding hydrogens is 821 g/mol. The average Bonchev–Trinajstić information content (AvgIpc) is 4.08. The highest BCUT2D eigenvalue weighted by atomic mass is 32.2. The molecule has 7 unspecified atom stereocenters. The summed E-state index contributed by atoms with van der Waals surface area (Å²) in [5, 5.41) is 5.47. The molecule has 6 rings (SSSR count). The van der Waals surface area contributed by atoms with Crippen LogP contribution < -0.4 is 29.6 Å². The highest BCUT2D eigenvalue weighted by Crippen LogP contribution is 2.48. The van der Waals surface area contributed by atoms with Gasteiger partial charge in [-0.15, -0.1) is 0 Å². The number of nitrogens with zero attached hydrogens (tertiary/aromatic N) is 3. The third-order valence-electron chi connectivity index (χ3n) is 11.9. The molecule has 4 amide bonds. The Hall–Kier alpha value is -4.95. The van der Waals surface area contributed by atoms with Crippen LogP contribution in [0, 0.1) is 17.8 Å². The Morgan fingerprint density at radius 2 is 1.78 bits per heavy atom. The van der Waals surface area contributed by atoms with Crippen molar-refractivity contribution in [2.45, 2.75) is 113 Å². The molecule has 1 aromatic carbocycles. The van der Waals surface area contributed by atoms with Crippen LogP contribution in [0.3, 0.4) is 0 Å². The zero-order valence-electron chi connectivity index (χ0n) is 34.1. The van der Waals surface area contributed by atoms with E-state index in [4.69, 9.17) is 18.9 Å². The van der Waals surface area contributed by atoms with E-state index in [2.05, 4.69) is 20.6 Å². The topological polar surface area (TPSA) is 204 Å². The van der Waals surface area contributed by atoms with Gasteiger partial charge in [0.1, 0.15) is 40.9 Å². The molecule has 2 aromatic rings. The van der Waals surface area contributed by atoms with Crippen LogP contribution in [0.5, 0.6) is 17.6 Å². The second-order valence-electron chi connectivity index (χ2n) is 16.7. The van der Waals surface area contributed by atoms with Gasteiger partial charge in [0.2, 0.25) is 33.3 Å². The fraction of sp³-hybridized carbons (Fsp3) is 0.641. The van der Waals surface area contributed by atoms with Crippen LogP contribution >= 0.6 is 0 Å².